The normalized spacial score (nSPS) is 10.5. The Balaban J connectivity index is 2.05. The van der Waals surface area contributed by atoms with E-state index >= 15 is 0 Å². The van der Waals surface area contributed by atoms with Crippen LogP contribution in [0.5, 0.6) is 0 Å². The first-order valence-electron chi connectivity index (χ1n) is 11.3. The molecule has 1 amide bonds. The Labute approximate surface area is 223 Å². The van der Waals surface area contributed by atoms with Gasteiger partial charge in [0.15, 0.2) is 0 Å². The van der Waals surface area contributed by atoms with Crippen LogP contribution in [0.1, 0.15) is 27.8 Å². The monoisotopic (exact) mass is 547 g/mol. The number of ether oxygens (including phenoxy) is 1. The van der Waals surface area contributed by atoms with Crippen LogP contribution in [0.3, 0.4) is 0 Å². The predicted molar refractivity (Wildman–Crippen MR) is 136 cm³/mol. The third kappa shape index (κ3) is 5.17. The summed E-state index contributed by atoms with van der Waals surface area (Å²) in [4.78, 5) is 59.7. The second-order valence-corrected chi connectivity index (χ2v) is 7.87. The molecule has 0 bridgehead atoms. The molecule has 0 atom stereocenters. The van der Waals surface area contributed by atoms with Gasteiger partial charge in [0.1, 0.15) is 11.4 Å². The van der Waals surface area contributed by atoms with Crippen LogP contribution in [0.25, 0.3) is 11.3 Å². The van der Waals surface area contributed by atoms with E-state index in [1.54, 1.807) is 37.3 Å². The van der Waals surface area contributed by atoms with Crippen molar-refractivity contribution in [2.75, 3.05) is 11.6 Å². The number of nitrogens with zero attached hydrogens (tertiary/aromatic N) is 7. The second kappa shape index (κ2) is 11.1. The standard InChI is InChI=1S/C24H17N7O9/c1-2-40-24(33)21-22(15-7-4-3-5-8-15)28(26-25-21)27(23(32)16-9-6-10-17(13-16)29(34)35)19-12-11-18(30(36)37)14-20(19)31(38)39/h3-14H,2H2,1H3. The molecule has 0 aliphatic rings. The van der Waals surface area contributed by atoms with Crippen molar-refractivity contribution in [3.8, 4) is 11.3 Å². The predicted octanol–water partition coefficient (Wildman–Crippen LogP) is 3.96. The molecule has 3 aromatic carbocycles. The average molecular weight is 547 g/mol. The fourth-order valence-electron chi connectivity index (χ4n) is 3.72. The van der Waals surface area contributed by atoms with Crippen LogP contribution in [0.2, 0.25) is 0 Å². The van der Waals surface area contributed by atoms with E-state index in [2.05, 4.69) is 10.3 Å². The van der Waals surface area contributed by atoms with Gasteiger partial charge in [0.2, 0.25) is 5.69 Å². The molecule has 0 aliphatic carbocycles. The van der Waals surface area contributed by atoms with Crippen LogP contribution in [-0.2, 0) is 4.74 Å². The largest absolute Gasteiger partial charge is 0.461 e. The van der Waals surface area contributed by atoms with E-state index in [1.807, 2.05) is 0 Å². The van der Waals surface area contributed by atoms with E-state index in [1.165, 1.54) is 12.1 Å². The van der Waals surface area contributed by atoms with Crippen LogP contribution >= 0.6 is 0 Å². The number of carbonyl (C=O) groups excluding carboxylic acids is 2. The van der Waals surface area contributed by atoms with Gasteiger partial charge in [0.25, 0.3) is 17.3 Å². The lowest BCUT2D eigenvalue weighted by atomic mass is 10.1. The highest BCUT2D eigenvalue weighted by atomic mass is 16.6. The number of carbonyl (C=O) groups is 2. The molecule has 0 fully saturated rings. The first-order chi connectivity index (χ1) is 19.1. The summed E-state index contributed by atoms with van der Waals surface area (Å²) in [7, 11) is 0. The molecule has 16 heteroatoms. The molecule has 0 saturated carbocycles. The molecule has 0 unspecified atom stereocenters. The van der Waals surface area contributed by atoms with Crippen LogP contribution in [0, 0.1) is 30.3 Å². The van der Waals surface area contributed by atoms with Gasteiger partial charge in [-0.2, -0.15) is 5.01 Å². The van der Waals surface area contributed by atoms with Gasteiger partial charge in [0.05, 0.1) is 27.4 Å². The third-order valence-corrected chi connectivity index (χ3v) is 5.45. The zero-order chi connectivity index (χ0) is 29.0. The van der Waals surface area contributed by atoms with Gasteiger partial charge >= 0.3 is 11.7 Å². The van der Waals surface area contributed by atoms with Gasteiger partial charge in [-0.25, -0.2) is 4.79 Å². The van der Waals surface area contributed by atoms with Crippen molar-refractivity contribution >= 4 is 34.6 Å². The van der Waals surface area contributed by atoms with Crippen molar-refractivity contribution in [1.29, 1.82) is 0 Å². The number of hydrogen-bond acceptors (Lipinski definition) is 11. The van der Waals surface area contributed by atoms with Gasteiger partial charge in [-0.05, 0) is 24.3 Å². The zero-order valence-electron chi connectivity index (χ0n) is 20.4. The summed E-state index contributed by atoms with van der Waals surface area (Å²) in [5.41, 5.74) is -2.86. The van der Waals surface area contributed by atoms with E-state index in [9.17, 15) is 39.9 Å². The molecule has 4 rings (SSSR count). The Morgan fingerprint density at radius 1 is 0.875 bits per heavy atom. The molecule has 202 valence electrons. The maximum Gasteiger partial charge on any atom is 0.361 e. The molecular weight excluding hydrogens is 530 g/mol. The highest BCUT2D eigenvalue weighted by Crippen LogP contribution is 2.35. The number of non-ortho nitro benzene ring substituents is 2. The van der Waals surface area contributed by atoms with Crippen molar-refractivity contribution in [2.24, 2.45) is 0 Å². The molecular formula is C24H17N7O9. The molecule has 0 spiro atoms. The number of aromatic nitrogens is 3. The number of hydrogen-bond donors (Lipinski definition) is 0. The topological polar surface area (TPSA) is 207 Å². The molecule has 1 aromatic heterocycles. The Hall–Kier alpha value is -6.06. The lowest BCUT2D eigenvalue weighted by molar-refractivity contribution is -0.393. The van der Waals surface area contributed by atoms with Crippen LogP contribution in [-0.4, -0.2) is 48.4 Å². The van der Waals surface area contributed by atoms with E-state index in [-0.39, 0.29) is 23.6 Å². The number of nitro benzene ring substituents is 3. The van der Waals surface area contributed by atoms with E-state index in [0.717, 1.165) is 29.1 Å². The van der Waals surface area contributed by atoms with E-state index < -0.39 is 49.4 Å². The molecule has 40 heavy (non-hydrogen) atoms. The highest BCUT2D eigenvalue weighted by Gasteiger charge is 2.34. The third-order valence-electron chi connectivity index (χ3n) is 5.45. The summed E-state index contributed by atoms with van der Waals surface area (Å²) in [6.07, 6.45) is 0. The first-order valence-corrected chi connectivity index (χ1v) is 11.3. The quantitative estimate of drug-likeness (QED) is 0.166. The lowest BCUT2D eigenvalue weighted by Gasteiger charge is -2.23. The Bertz CT molecular complexity index is 1650. The Morgan fingerprint density at radius 3 is 2.17 bits per heavy atom. The lowest BCUT2D eigenvalue weighted by Crippen LogP contribution is -2.38. The minimum atomic E-state index is -1.06. The molecule has 0 radical (unpaired) electrons. The van der Waals surface area contributed by atoms with E-state index in [0.29, 0.717) is 16.6 Å². The van der Waals surface area contributed by atoms with Gasteiger partial charge < -0.3 is 4.74 Å². The molecule has 0 aliphatic heterocycles. The van der Waals surface area contributed by atoms with Crippen molar-refractivity contribution < 1.29 is 29.1 Å². The number of benzene rings is 3. The fraction of sp³-hybridized carbons (Fsp3) is 0.0833. The van der Waals surface area contributed by atoms with Gasteiger partial charge in [-0.1, -0.05) is 36.4 Å². The van der Waals surface area contributed by atoms with Crippen LogP contribution in [0.4, 0.5) is 22.7 Å². The maximum atomic E-state index is 13.9. The highest BCUT2D eigenvalue weighted by molar-refractivity contribution is 6.08. The zero-order valence-corrected chi connectivity index (χ0v) is 20.4. The van der Waals surface area contributed by atoms with Crippen molar-refractivity contribution in [2.45, 2.75) is 6.92 Å². The average Bonchev–Trinajstić information content (AvgIpc) is 3.38. The smallest absolute Gasteiger partial charge is 0.361 e. The van der Waals surface area contributed by atoms with Crippen LogP contribution < -0.4 is 5.01 Å². The van der Waals surface area contributed by atoms with E-state index in [4.69, 9.17) is 4.74 Å². The Morgan fingerprint density at radius 2 is 1.55 bits per heavy atom. The minimum Gasteiger partial charge on any atom is -0.461 e. The minimum absolute atomic E-state index is 0.0237. The number of esters is 1. The first kappa shape index (κ1) is 27.0. The maximum absolute atomic E-state index is 13.9. The molecule has 4 aromatic rings. The molecule has 0 saturated heterocycles. The summed E-state index contributed by atoms with van der Waals surface area (Å²) < 4.78 is 5.06. The summed E-state index contributed by atoms with van der Waals surface area (Å²) >= 11 is 0. The summed E-state index contributed by atoms with van der Waals surface area (Å²) in [6, 6.07) is 15.1. The van der Waals surface area contributed by atoms with Gasteiger partial charge in [0, 0.05) is 29.3 Å². The summed E-state index contributed by atoms with van der Waals surface area (Å²) in [6.45, 7) is 1.53. The van der Waals surface area contributed by atoms with Crippen molar-refractivity contribution in [1.82, 2.24) is 15.1 Å². The number of amides is 1. The van der Waals surface area contributed by atoms with Crippen LogP contribution in [0.15, 0.2) is 72.8 Å². The second-order valence-electron chi connectivity index (χ2n) is 7.87. The summed E-state index contributed by atoms with van der Waals surface area (Å²) in [5.74, 6) is -1.97. The number of anilines is 1. The molecule has 1 heterocycles. The van der Waals surface area contributed by atoms with Gasteiger partial charge in [-0.3, -0.25) is 35.1 Å². The summed E-state index contributed by atoms with van der Waals surface area (Å²) in [5, 5.41) is 43.1. The van der Waals surface area contributed by atoms with Crippen molar-refractivity contribution in [3.05, 3.63) is 114 Å². The Kier molecular flexibility index (Phi) is 7.51. The SMILES string of the molecule is CCOC(=O)c1nnn(N(C(=O)c2cccc([N+](=O)[O-])c2)c2ccc([N+](=O)[O-])cc2[N+](=O)[O-])c1-c1ccccc1. The molecule has 0 N–H and O–H groups in total. The number of nitro groups is 3. The fourth-order valence-corrected chi connectivity index (χ4v) is 3.72. The van der Waals surface area contributed by atoms with Crippen molar-refractivity contribution in [3.63, 3.8) is 0 Å². The van der Waals surface area contributed by atoms with Gasteiger partial charge in [-0.15, -0.1) is 9.89 Å². The number of rotatable bonds is 9. The molecule has 16 nitrogen and oxygen atoms in total.